The largest absolute Gasteiger partial charge is 0.370 e. The molecule has 1 fully saturated rings. The Morgan fingerprint density at radius 3 is 2.94 bits per heavy atom. The first-order valence-corrected chi connectivity index (χ1v) is 6.53. The van der Waals surface area contributed by atoms with E-state index in [1.165, 1.54) is 25.7 Å². The summed E-state index contributed by atoms with van der Waals surface area (Å²) >= 11 is 0. The summed E-state index contributed by atoms with van der Waals surface area (Å²) in [6.07, 6.45) is 5.40. The molecule has 0 aliphatic heterocycles. The van der Waals surface area contributed by atoms with Crippen molar-refractivity contribution in [3.8, 4) is 0 Å². The Balaban J connectivity index is 1.73. The molecule has 0 bridgehead atoms. The van der Waals surface area contributed by atoms with Crippen LogP contribution in [0.5, 0.6) is 0 Å². The van der Waals surface area contributed by atoms with Crippen molar-refractivity contribution in [2.24, 2.45) is 0 Å². The maximum atomic E-state index is 5.77. The summed E-state index contributed by atoms with van der Waals surface area (Å²) in [6, 6.07) is 2.44. The van der Waals surface area contributed by atoms with E-state index >= 15 is 0 Å². The molecule has 1 aliphatic carbocycles. The summed E-state index contributed by atoms with van der Waals surface area (Å²) in [7, 11) is 0. The van der Waals surface area contributed by atoms with Gasteiger partial charge in [-0.25, -0.2) is 0 Å². The molecule has 96 valence electrons. The molecule has 4 heteroatoms. The molecule has 1 N–H and O–H groups in total. The second kappa shape index (κ2) is 6.17. The number of nitrogens with one attached hydrogen (secondary N) is 1. The first kappa shape index (κ1) is 12.6. The molecule has 4 nitrogen and oxygen atoms in total. The Bertz CT molecular complexity index is 330. The van der Waals surface area contributed by atoms with Crippen LogP contribution in [0.2, 0.25) is 0 Å². The average molecular weight is 238 g/mol. The van der Waals surface area contributed by atoms with E-state index in [1.54, 1.807) is 0 Å². The van der Waals surface area contributed by atoms with Crippen LogP contribution in [0.3, 0.4) is 0 Å². The van der Waals surface area contributed by atoms with Gasteiger partial charge < -0.3 is 14.6 Å². The van der Waals surface area contributed by atoms with Gasteiger partial charge >= 0.3 is 0 Å². The van der Waals surface area contributed by atoms with Gasteiger partial charge in [0.25, 0.3) is 0 Å². The Kier molecular flexibility index (Phi) is 4.57. The van der Waals surface area contributed by atoms with E-state index in [1.807, 2.05) is 6.07 Å². The first-order chi connectivity index (χ1) is 8.24. The maximum absolute atomic E-state index is 5.77. The molecule has 0 radical (unpaired) electrons. The standard InChI is InChI=1S/C13H22N2O2/c1-10(2)14-8-11-7-13(17-15-11)9-16-12-5-3-4-6-12/h7,10,12,14H,3-6,8-9H2,1-2H3. The normalized spacial score (nSPS) is 17.1. The predicted octanol–water partition coefficient (Wildman–Crippen LogP) is 2.63. The van der Waals surface area contributed by atoms with E-state index in [0.29, 0.717) is 18.8 Å². The lowest BCUT2D eigenvalue weighted by atomic mass is 10.3. The molecule has 1 aromatic heterocycles. The number of hydrogen-bond donors (Lipinski definition) is 1. The molecule has 0 atom stereocenters. The quantitative estimate of drug-likeness (QED) is 0.827. The fourth-order valence-electron chi connectivity index (χ4n) is 2.07. The van der Waals surface area contributed by atoms with Crippen LogP contribution in [0.15, 0.2) is 10.6 Å². The van der Waals surface area contributed by atoms with Gasteiger partial charge in [0.05, 0.1) is 11.8 Å². The van der Waals surface area contributed by atoms with E-state index in [4.69, 9.17) is 9.26 Å². The van der Waals surface area contributed by atoms with Crippen molar-refractivity contribution in [2.45, 2.75) is 64.8 Å². The molecule has 2 rings (SSSR count). The molecule has 1 aromatic rings. The van der Waals surface area contributed by atoms with Crippen molar-refractivity contribution in [1.82, 2.24) is 10.5 Å². The SMILES string of the molecule is CC(C)NCc1cc(COC2CCCC2)on1. The van der Waals surface area contributed by atoms with Crippen molar-refractivity contribution < 1.29 is 9.26 Å². The molecule has 0 spiro atoms. The molecule has 1 heterocycles. The zero-order valence-corrected chi connectivity index (χ0v) is 10.7. The van der Waals surface area contributed by atoms with Crippen LogP contribution in [0, 0.1) is 0 Å². The minimum atomic E-state index is 0.428. The molecule has 0 amide bonds. The van der Waals surface area contributed by atoms with Gasteiger partial charge in [-0.15, -0.1) is 0 Å². The molecule has 1 aliphatic rings. The van der Waals surface area contributed by atoms with Crippen LogP contribution in [-0.2, 0) is 17.9 Å². The van der Waals surface area contributed by atoms with Gasteiger partial charge in [-0.3, -0.25) is 0 Å². The first-order valence-electron chi connectivity index (χ1n) is 6.53. The van der Waals surface area contributed by atoms with E-state index < -0.39 is 0 Å². The number of aromatic nitrogens is 1. The van der Waals surface area contributed by atoms with Crippen LogP contribution < -0.4 is 5.32 Å². The maximum Gasteiger partial charge on any atom is 0.162 e. The minimum Gasteiger partial charge on any atom is -0.370 e. The van der Waals surface area contributed by atoms with Crippen LogP contribution in [0.25, 0.3) is 0 Å². The summed E-state index contributed by atoms with van der Waals surface area (Å²) in [5.74, 6) is 0.831. The third kappa shape index (κ3) is 4.13. The predicted molar refractivity (Wildman–Crippen MR) is 65.5 cm³/mol. The molecule has 0 unspecified atom stereocenters. The number of rotatable bonds is 6. The molecule has 0 aromatic carbocycles. The van der Waals surface area contributed by atoms with Crippen molar-refractivity contribution in [3.63, 3.8) is 0 Å². The van der Waals surface area contributed by atoms with E-state index in [0.717, 1.165) is 18.0 Å². The van der Waals surface area contributed by atoms with Crippen molar-refractivity contribution >= 4 is 0 Å². The highest BCUT2D eigenvalue weighted by atomic mass is 16.5. The van der Waals surface area contributed by atoms with Gasteiger partial charge in [-0.1, -0.05) is 31.8 Å². The smallest absolute Gasteiger partial charge is 0.162 e. The topological polar surface area (TPSA) is 47.3 Å². The Morgan fingerprint density at radius 1 is 1.47 bits per heavy atom. The van der Waals surface area contributed by atoms with Crippen molar-refractivity contribution in [3.05, 3.63) is 17.5 Å². The Hall–Kier alpha value is -0.870. The molecular weight excluding hydrogens is 216 g/mol. The molecule has 0 saturated heterocycles. The third-order valence-corrected chi connectivity index (χ3v) is 3.06. The highest BCUT2D eigenvalue weighted by Crippen LogP contribution is 2.22. The second-order valence-corrected chi connectivity index (χ2v) is 5.04. The summed E-state index contributed by atoms with van der Waals surface area (Å²) in [5, 5.41) is 7.32. The lowest BCUT2D eigenvalue weighted by molar-refractivity contribution is 0.0330. The summed E-state index contributed by atoms with van der Waals surface area (Å²) < 4.78 is 11.0. The Labute approximate surface area is 103 Å². The number of nitrogens with zero attached hydrogens (tertiary/aromatic N) is 1. The van der Waals surface area contributed by atoms with Gasteiger partial charge in [-0.05, 0) is 12.8 Å². The number of hydrogen-bond acceptors (Lipinski definition) is 4. The van der Waals surface area contributed by atoms with Crippen LogP contribution >= 0.6 is 0 Å². The van der Waals surface area contributed by atoms with Crippen LogP contribution in [0.4, 0.5) is 0 Å². The van der Waals surface area contributed by atoms with E-state index in [9.17, 15) is 0 Å². The average Bonchev–Trinajstić information content (AvgIpc) is 2.95. The van der Waals surface area contributed by atoms with E-state index in [-0.39, 0.29) is 0 Å². The van der Waals surface area contributed by atoms with Gasteiger partial charge in [0.2, 0.25) is 0 Å². The van der Waals surface area contributed by atoms with Crippen molar-refractivity contribution in [1.29, 1.82) is 0 Å². The summed E-state index contributed by atoms with van der Waals surface area (Å²) in [6.45, 7) is 5.54. The monoisotopic (exact) mass is 238 g/mol. The highest BCUT2D eigenvalue weighted by Gasteiger charge is 2.16. The summed E-state index contributed by atoms with van der Waals surface area (Å²) in [4.78, 5) is 0. The molecule has 1 saturated carbocycles. The van der Waals surface area contributed by atoms with Crippen LogP contribution in [0.1, 0.15) is 51.0 Å². The van der Waals surface area contributed by atoms with Gasteiger partial charge in [0.15, 0.2) is 5.76 Å². The zero-order valence-electron chi connectivity index (χ0n) is 10.7. The van der Waals surface area contributed by atoms with Crippen molar-refractivity contribution in [2.75, 3.05) is 0 Å². The fourth-order valence-corrected chi connectivity index (χ4v) is 2.07. The van der Waals surface area contributed by atoms with Gasteiger partial charge in [-0.2, -0.15) is 0 Å². The lowest BCUT2D eigenvalue weighted by Gasteiger charge is -2.08. The Morgan fingerprint density at radius 2 is 2.24 bits per heavy atom. The molecule has 17 heavy (non-hydrogen) atoms. The zero-order chi connectivity index (χ0) is 12.1. The fraction of sp³-hybridized carbons (Fsp3) is 0.769. The lowest BCUT2D eigenvalue weighted by Crippen LogP contribution is -2.21. The minimum absolute atomic E-state index is 0.428. The molecular formula is C13H22N2O2. The van der Waals surface area contributed by atoms with Crippen LogP contribution in [-0.4, -0.2) is 17.3 Å². The third-order valence-electron chi connectivity index (χ3n) is 3.06. The number of ether oxygens (including phenoxy) is 1. The summed E-state index contributed by atoms with van der Waals surface area (Å²) in [5.41, 5.74) is 0.948. The van der Waals surface area contributed by atoms with Gasteiger partial charge in [0.1, 0.15) is 6.61 Å². The van der Waals surface area contributed by atoms with E-state index in [2.05, 4.69) is 24.3 Å². The second-order valence-electron chi connectivity index (χ2n) is 5.04. The highest BCUT2D eigenvalue weighted by molar-refractivity contribution is 5.04. The van der Waals surface area contributed by atoms with Gasteiger partial charge in [0, 0.05) is 18.7 Å².